The third kappa shape index (κ3) is 4.74. The molecule has 0 bridgehead atoms. The van der Waals surface area contributed by atoms with Crippen LogP contribution in [0.5, 0.6) is 23.0 Å². The highest BCUT2D eigenvalue weighted by Gasteiger charge is 2.49. The summed E-state index contributed by atoms with van der Waals surface area (Å²) in [6.07, 6.45) is -7.58. The third-order valence-electron chi connectivity index (χ3n) is 6.68. The predicted molar refractivity (Wildman–Crippen MR) is 131 cm³/mol. The molecule has 0 spiro atoms. The van der Waals surface area contributed by atoms with Crippen LogP contribution in [0.4, 0.5) is 0 Å². The molecule has 3 aromatic rings. The van der Waals surface area contributed by atoms with Crippen molar-refractivity contribution in [1.82, 2.24) is 0 Å². The van der Waals surface area contributed by atoms with Gasteiger partial charge in [0.1, 0.15) is 47.1 Å². The molecule has 4 rings (SSSR count). The number of aliphatic hydroxyl groups excluding tert-OH is 3. The van der Waals surface area contributed by atoms with E-state index in [-0.39, 0.29) is 22.3 Å². The average molecular weight is 532 g/mol. The zero-order chi connectivity index (χ0) is 27.9. The highest BCUT2D eigenvalue weighted by atomic mass is 16.6. The van der Waals surface area contributed by atoms with Crippen molar-refractivity contribution in [2.24, 2.45) is 5.92 Å². The van der Waals surface area contributed by atoms with E-state index in [1.807, 2.05) is 0 Å². The Labute approximate surface area is 215 Å². The Balaban J connectivity index is 1.96. The summed E-state index contributed by atoms with van der Waals surface area (Å²) in [7, 11) is 0. The van der Waals surface area contributed by atoms with Crippen molar-refractivity contribution in [3.05, 3.63) is 46.1 Å². The van der Waals surface area contributed by atoms with Crippen molar-refractivity contribution in [2.75, 3.05) is 6.61 Å². The summed E-state index contributed by atoms with van der Waals surface area (Å²) in [4.78, 5) is 25.7. The highest BCUT2D eigenvalue weighted by molar-refractivity contribution is 5.89. The van der Waals surface area contributed by atoms with E-state index >= 15 is 0 Å². The number of phenolic OH excluding ortho intramolecular Hbond substituents is 4. The van der Waals surface area contributed by atoms with Crippen LogP contribution in [0.2, 0.25) is 0 Å². The van der Waals surface area contributed by atoms with Gasteiger partial charge in [-0.1, -0.05) is 13.8 Å². The Morgan fingerprint density at radius 3 is 2.34 bits per heavy atom. The third-order valence-corrected chi connectivity index (χ3v) is 6.68. The topological polar surface area (TPSA) is 207 Å². The van der Waals surface area contributed by atoms with E-state index in [1.54, 1.807) is 13.8 Å². The summed E-state index contributed by atoms with van der Waals surface area (Å²) >= 11 is 0. The van der Waals surface area contributed by atoms with E-state index in [1.165, 1.54) is 6.07 Å². The van der Waals surface area contributed by atoms with Gasteiger partial charge in [-0.25, -0.2) is 0 Å². The molecule has 2 heterocycles. The minimum absolute atomic E-state index is 0.132. The van der Waals surface area contributed by atoms with Crippen LogP contribution < -0.4 is 5.43 Å². The molecule has 0 saturated carbocycles. The molecule has 0 amide bonds. The van der Waals surface area contributed by atoms with E-state index in [0.29, 0.717) is 6.42 Å². The summed E-state index contributed by atoms with van der Waals surface area (Å²) in [5.41, 5.74) is -1.30. The van der Waals surface area contributed by atoms with Gasteiger partial charge >= 0.3 is 5.97 Å². The maximum atomic E-state index is 13.0. The predicted octanol–water partition coefficient (Wildman–Crippen LogP) is 1.39. The second-order valence-electron chi connectivity index (χ2n) is 9.18. The smallest absolute Gasteiger partial charge is 0.309 e. The Kier molecular flexibility index (Phi) is 7.51. The zero-order valence-corrected chi connectivity index (χ0v) is 20.4. The highest BCUT2D eigenvalue weighted by Crippen LogP contribution is 2.45. The number of carbonyl (C=O) groups is 1. The molecular weight excluding hydrogens is 504 g/mol. The molecule has 6 atom stereocenters. The Bertz CT molecular complexity index is 1410. The summed E-state index contributed by atoms with van der Waals surface area (Å²) in [6, 6.07) is 5.50. The molecule has 1 aromatic heterocycles. The lowest BCUT2D eigenvalue weighted by molar-refractivity contribution is -0.242. The number of benzene rings is 2. The Hall–Kier alpha value is -3.84. The average Bonchev–Trinajstić information content (AvgIpc) is 2.88. The van der Waals surface area contributed by atoms with Crippen LogP contribution in [0.3, 0.4) is 0 Å². The molecule has 12 heteroatoms. The first-order valence-electron chi connectivity index (χ1n) is 11.9. The molecule has 0 unspecified atom stereocenters. The van der Waals surface area contributed by atoms with Gasteiger partial charge in [0.2, 0.25) is 0 Å². The van der Waals surface area contributed by atoms with Crippen molar-refractivity contribution in [2.45, 2.75) is 50.8 Å². The molecular formula is C26H28O12. The Morgan fingerprint density at radius 2 is 1.71 bits per heavy atom. The normalized spacial score (nSPS) is 24.3. The van der Waals surface area contributed by atoms with Gasteiger partial charge in [-0.3, -0.25) is 9.59 Å². The quantitative estimate of drug-likeness (QED) is 0.178. The first-order chi connectivity index (χ1) is 18.0. The lowest BCUT2D eigenvalue weighted by Crippen LogP contribution is -2.56. The van der Waals surface area contributed by atoms with E-state index in [2.05, 4.69) is 0 Å². The van der Waals surface area contributed by atoms with Gasteiger partial charge in [-0.15, -0.1) is 0 Å². The van der Waals surface area contributed by atoms with Crippen molar-refractivity contribution < 1.29 is 54.4 Å². The number of phenols is 4. The molecule has 12 nitrogen and oxygen atoms in total. The molecule has 1 aliphatic rings. The molecule has 1 aliphatic heterocycles. The molecule has 1 saturated heterocycles. The fraction of sp³-hybridized carbons (Fsp3) is 0.385. The van der Waals surface area contributed by atoms with Gasteiger partial charge < -0.3 is 49.6 Å². The molecule has 0 aliphatic carbocycles. The molecule has 38 heavy (non-hydrogen) atoms. The molecule has 1 fully saturated rings. The van der Waals surface area contributed by atoms with Crippen molar-refractivity contribution >= 4 is 16.9 Å². The van der Waals surface area contributed by atoms with Crippen LogP contribution in [-0.2, 0) is 14.3 Å². The van der Waals surface area contributed by atoms with Crippen LogP contribution in [0.1, 0.15) is 31.9 Å². The first kappa shape index (κ1) is 27.2. The van der Waals surface area contributed by atoms with E-state index in [0.717, 1.165) is 24.3 Å². The van der Waals surface area contributed by atoms with E-state index < -0.39 is 83.0 Å². The number of hydrogen-bond donors (Lipinski definition) is 7. The van der Waals surface area contributed by atoms with Gasteiger partial charge in [0.05, 0.1) is 18.1 Å². The number of ether oxygens (including phenoxy) is 2. The number of esters is 1. The van der Waals surface area contributed by atoms with Crippen molar-refractivity contribution in [1.29, 1.82) is 0 Å². The summed E-state index contributed by atoms with van der Waals surface area (Å²) in [5, 5.41) is 71.5. The number of carbonyl (C=O) groups excluding carboxylic acids is 1. The number of aliphatic hydroxyl groups is 3. The van der Waals surface area contributed by atoms with Gasteiger partial charge in [0.15, 0.2) is 28.6 Å². The lowest BCUT2D eigenvalue weighted by atomic mass is 9.89. The Morgan fingerprint density at radius 1 is 1.00 bits per heavy atom. The molecule has 0 radical (unpaired) electrons. The number of fused-ring (bicyclic) bond motifs is 1. The van der Waals surface area contributed by atoms with Crippen molar-refractivity contribution in [3.63, 3.8) is 0 Å². The maximum absolute atomic E-state index is 13.0. The van der Waals surface area contributed by atoms with Crippen molar-refractivity contribution in [3.8, 4) is 34.3 Å². The van der Waals surface area contributed by atoms with Crippen LogP contribution in [-0.4, -0.2) is 72.7 Å². The largest absolute Gasteiger partial charge is 0.507 e. The molecule has 2 aromatic carbocycles. The second kappa shape index (κ2) is 10.5. The summed E-state index contributed by atoms with van der Waals surface area (Å²) in [6.45, 7) is 2.58. The minimum atomic E-state index is -1.77. The summed E-state index contributed by atoms with van der Waals surface area (Å²) < 4.78 is 17.1. The maximum Gasteiger partial charge on any atom is 0.309 e. The first-order valence-corrected chi connectivity index (χ1v) is 11.9. The van der Waals surface area contributed by atoms with Crippen LogP contribution in [0, 0.1) is 5.92 Å². The second-order valence-corrected chi connectivity index (χ2v) is 9.18. The lowest BCUT2D eigenvalue weighted by Gasteiger charge is -2.42. The van der Waals surface area contributed by atoms with Gasteiger partial charge in [0, 0.05) is 17.7 Å². The molecule has 7 N–H and O–H groups in total. The SMILES string of the molecule is CC[C@H](C)C(=O)O[C@H]1[C@@H](O)[C@@H](O)[C@@H](CO)O[C@@H]1c1c(O)cc(O)c2c(=O)cc(-c3ccc(O)c(O)c3)oc12. The van der Waals surface area contributed by atoms with E-state index in [9.17, 15) is 45.3 Å². The number of hydrogen-bond acceptors (Lipinski definition) is 12. The van der Waals surface area contributed by atoms with Crippen LogP contribution in [0.25, 0.3) is 22.3 Å². The summed E-state index contributed by atoms with van der Waals surface area (Å²) in [5.74, 6) is -3.67. The van der Waals surface area contributed by atoms with E-state index in [4.69, 9.17) is 13.9 Å². The van der Waals surface area contributed by atoms with Gasteiger partial charge in [0.25, 0.3) is 0 Å². The van der Waals surface area contributed by atoms with Gasteiger partial charge in [-0.2, -0.15) is 0 Å². The van der Waals surface area contributed by atoms with Crippen LogP contribution >= 0.6 is 0 Å². The monoisotopic (exact) mass is 532 g/mol. The zero-order valence-electron chi connectivity index (χ0n) is 20.4. The fourth-order valence-electron chi connectivity index (χ4n) is 4.29. The number of aromatic hydroxyl groups is 4. The van der Waals surface area contributed by atoms with Crippen LogP contribution in [0.15, 0.2) is 39.5 Å². The standard InChI is InChI=1S/C26H28O12/c1-3-10(2)26(35)38-25-22(34)21(33)18(9-27)37-24(25)20-15(31)7-14(30)19-16(32)8-17(36-23(19)20)11-4-5-12(28)13(29)6-11/h4-8,10,18,21-22,24-25,27-31,33-34H,3,9H2,1-2H3/t10-,18+,21-,22-,24+,25-/m0/s1. The number of rotatable bonds is 6. The van der Waals surface area contributed by atoms with Gasteiger partial charge in [-0.05, 0) is 24.6 Å². The molecule has 204 valence electrons. The fourth-order valence-corrected chi connectivity index (χ4v) is 4.29. The minimum Gasteiger partial charge on any atom is -0.507 e.